The van der Waals surface area contributed by atoms with Gasteiger partial charge in [0, 0.05) is 50.4 Å². The molecule has 7 heteroatoms. The molecule has 2 aliphatic rings. The van der Waals surface area contributed by atoms with Crippen molar-refractivity contribution in [3.05, 3.63) is 47.1 Å². The van der Waals surface area contributed by atoms with Crippen LogP contribution in [0.15, 0.2) is 28.8 Å². The molecule has 1 aliphatic carbocycles. The standard InChI is InChI=1S/C22H29FN4O2/c23-17-7-9-18(10-8-17)27-15-13-26(14-16-27)12-4-11-24-22(28)21-19-5-2-1-3-6-20(19)29-25-21/h7-10H,1-6,11-16H2,(H,24,28). The lowest BCUT2D eigenvalue weighted by atomic mass is 10.1. The van der Waals surface area contributed by atoms with Crippen molar-refractivity contribution < 1.29 is 13.7 Å². The second-order valence-corrected chi connectivity index (χ2v) is 7.91. The van der Waals surface area contributed by atoms with Crippen LogP contribution < -0.4 is 10.2 Å². The van der Waals surface area contributed by atoms with E-state index in [0.717, 1.165) is 81.8 Å². The molecule has 1 aromatic carbocycles. The minimum Gasteiger partial charge on any atom is -0.369 e. The lowest BCUT2D eigenvalue weighted by Gasteiger charge is -2.36. The Labute approximate surface area is 171 Å². The van der Waals surface area contributed by atoms with Crippen molar-refractivity contribution in [1.29, 1.82) is 0 Å². The Kier molecular flexibility index (Phi) is 6.44. The van der Waals surface area contributed by atoms with E-state index < -0.39 is 0 Å². The molecule has 0 bridgehead atoms. The molecule has 1 aromatic heterocycles. The fraction of sp³-hybridized carbons (Fsp3) is 0.545. The van der Waals surface area contributed by atoms with Gasteiger partial charge in [0.2, 0.25) is 0 Å². The third-order valence-electron chi connectivity index (χ3n) is 5.92. The molecule has 29 heavy (non-hydrogen) atoms. The van der Waals surface area contributed by atoms with Gasteiger partial charge in [0.15, 0.2) is 5.69 Å². The van der Waals surface area contributed by atoms with Crippen molar-refractivity contribution >= 4 is 11.6 Å². The van der Waals surface area contributed by atoms with Gasteiger partial charge in [0.05, 0.1) is 0 Å². The van der Waals surface area contributed by atoms with Crippen molar-refractivity contribution in [3.63, 3.8) is 0 Å². The molecule has 156 valence electrons. The van der Waals surface area contributed by atoms with Gasteiger partial charge in [-0.15, -0.1) is 0 Å². The van der Waals surface area contributed by atoms with Gasteiger partial charge in [-0.05, 0) is 56.5 Å². The number of hydrogen-bond donors (Lipinski definition) is 1. The van der Waals surface area contributed by atoms with Gasteiger partial charge in [-0.3, -0.25) is 9.69 Å². The van der Waals surface area contributed by atoms with Crippen LogP contribution in [-0.4, -0.2) is 55.2 Å². The molecule has 2 heterocycles. The number of halogens is 1. The summed E-state index contributed by atoms with van der Waals surface area (Å²) in [5, 5.41) is 7.03. The molecule has 0 spiro atoms. The predicted molar refractivity (Wildman–Crippen MR) is 110 cm³/mol. The van der Waals surface area contributed by atoms with E-state index in [4.69, 9.17) is 4.52 Å². The van der Waals surface area contributed by atoms with Crippen LogP contribution in [0, 0.1) is 5.82 Å². The molecule has 0 saturated carbocycles. The number of fused-ring (bicyclic) bond motifs is 1. The second-order valence-electron chi connectivity index (χ2n) is 7.91. The van der Waals surface area contributed by atoms with Crippen molar-refractivity contribution in [2.24, 2.45) is 0 Å². The van der Waals surface area contributed by atoms with Crippen LogP contribution in [0.5, 0.6) is 0 Å². The first kappa shape index (κ1) is 19.9. The number of rotatable bonds is 6. The van der Waals surface area contributed by atoms with Gasteiger partial charge in [0.1, 0.15) is 11.6 Å². The maximum absolute atomic E-state index is 13.1. The SMILES string of the molecule is O=C(NCCCN1CCN(c2ccc(F)cc2)CC1)c1noc2c1CCCCC2. The fourth-order valence-corrected chi connectivity index (χ4v) is 4.21. The first-order chi connectivity index (χ1) is 14.2. The highest BCUT2D eigenvalue weighted by Crippen LogP contribution is 2.23. The average Bonchev–Trinajstić information content (AvgIpc) is 3.00. The quantitative estimate of drug-likeness (QED) is 0.597. The van der Waals surface area contributed by atoms with Gasteiger partial charge in [0.25, 0.3) is 5.91 Å². The minimum absolute atomic E-state index is 0.113. The highest BCUT2D eigenvalue weighted by atomic mass is 19.1. The lowest BCUT2D eigenvalue weighted by Crippen LogP contribution is -2.47. The fourth-order valence-electron chi connectivity index (χ4n) is 4.21. The molecule has 4 rings (SSSR count). The summed E-state index contributed by atoms with van der Waals surface area (Å²) in [5.74, 6) is 0.584. The number of carbonyl (C=O) groups excluding carboxylic acids is 1. The van der Waals surface area contributed by atoms with E-state index in [2.05, 4.69) is 20.3 Å². The lowest BCUT2D eigenvalue weighted by molar-refractivity contribution is 0.0941. The van der Waals surface area contributed by atoms with Crippen LogP contribution in [0.1, 0.15) is 47.5 Å². The van der Waals surface area contributed by atoms with E-state index in [-0.39, 0.29) is 11.7 Å². The number of piperazine rings is 1. The number of carbonyl (C=O) groups is 1. The van der Waals surface area contributed by atoms with Crippen LogP contribution in [-0.2, 0) is 12.8 Å². The highest BCUT2D eigenvalue weighted by molar-refractivity contribution is 5.93. The van der Waals surface area contributed by atoms with Gasteiger partial charge >= 0.3 is 0 Å². The second kappa shape index (κ2) is 9.39. The molecular weight excluding hydrogens is 371 g/mol. The molecular formula is C22H29FN4O2. The number of nitrogens with one attached hydrogen (secondary N) is 1. The van der Waals surface area contributed by atoms with Gasteiger partial charge < -0.3 is 14.7 Å². The van der Waals surface area contributed by atoms with Crippen molar-refractivity contribution in [1.82, 2.24) is 15.4 Å². The number of anilines is 1. The molecule has 6 nitrogen and oxygen atoms in total. The smallest absolute Gasteiger partial charge is 0.273 e. The minimum atomic E-state index is -0.198. The molecule has 1 amide bonds. The first-order valence-corrected chi connectivity index (χ1v) is 10.7. The summed E-state index contributed by atoms with van der Waals surface area (Å²) in [7, 11) is 0. The van der Waals surface area contributed by atoms with E-state index >= 15 is 0 Å². The zero-order valence-corrected chi connectivity index (χ0v) is 16.8. The summed E-state index contributed by atoms with van der Waals surface area (Å²) < 4.78 is 18.5. The Morgan fingerprint density at radius 2 is 1.83 bits per heavy atom. The van der Waals surface area contributed by atoms with E-state index in [0.29, 0.717) is 12.2 Å². The van der Waals surface area contributed by atoms with Crippen LogP contribution in [0.2, 0.25) is 0 Å². The highest BCUT2D eigenvalue weighted by Gasteiger charge is 2.23. The third kappa shape index (κ3) is 4.96. The van der Waals surface area contributed by atoms with E-state index in [1.165, 1.54) is 18.6 Å². The summed E-state index contributed by atoms with van der Waals surface area (Å²) >= 11 is 0. The van der Waals surface area contributed by atoms with Crippen LogP contribution >= 0.6 is 0 Å². The molecule has 1 aliphatic heterocycles. The number of aromatic nitrogens is 1. The monoisotopic (exact) mass is 400 g/mol. The molecule has 1 fully saturated rings. The average molecular weight is 400 g/mol. The Morgan fingerprint density at radius 3 is 2.62 bits per heavy atom. The largest absolute Gasteiger partial charge is 0.369 e. The van der Waals surface area contributed by atoms with Gasteiger partial charge in [-0.25, -0.2) is 4.39 Å². The number of benzene rings is 1. The summed E-state index contributed by atoms with van der Waals surface area (Å²) in [6, 6.07) is 6.70. The Bertz CT molecular complexity index is 813. The van der Waals surface area contributed by atoms with Crippen molar-refractivity contribution in [2.75, 3.05) is 44.2 Å². The number of nitrogens with zero attached hydrogens (tertiary/aromatic N) is 3. The van der Waals surface area contributed by atoms with Gasteiger partial charge in [-0.2, -0.15) is 0 Å². The summed E-state index contributed by atoms with van der Waals surface area (Å²) in [5.41, 5.74) is 2.57. The Morgan fingerprint density at radius 1 is 1.07 bits per heavy atom. The molecule has 0 radical (unpaired) electrons. The Balaban J connectivity index is 1.17. The molecule has 1 N–H and O–H groups in total. The van der Waals surface area contributed by atoms with Crippen LogP contribution in [0.4, 0.5) is 10.1 Å². The van der Waals surface area contributed by atoms with Crippen molar-refractivity contribution in [2.45, 2.75) is 38.5 Å². The van der Waals surface area contributed by atoms with E-state index in [1.54, 1.807) is 0 Å². The zero-order valence-electron chi connectivity index (χ0n) is 16.8. The number of aryl methyl sites for hydroxylation is 1. The molecule has 2 aromatic rings. The maximum Gasteiger partial charge on any atom is 0.273 e. The van der Waals surface area contributed by atoms with E-state index in [9.17, 15) is 9.18 Å². The molecule has 1 saturated heterocycles. The maximum atomic E-state index is 13.1. The zero-order chi connectivity index (χ0) is 20.1. The topological polar surface area (TPSA) is 61.6 Å². The van der Waals surface area contributed by atoms with Gasteiger partial charge in [-0.1, -0.05) is 11.6 Å². The first-order valence-electron chi connectivity index (χ1n) is 10.7. The summed E-state index contributed by atoms with van der Waals surface area (Å²) in [4.78, 5) is 17.2. The van der Waals surface area contributed by atoms with Crippen LogP contribution in [0.3, 0.4) is 0 Å². The number of amides is 1. The third-order valence-corrected chi connectivity index (χ3v) is 5.92. The normalized spacial score (nSPS) is 17.6. The van der Waals surface area contributed by atoms with Crippen LogP contribution in [0.25, 0.3) is 0 Å². The Hall–Kier alpha value is -2.41. The van der Waals surface area contributed by atoms with Crippen molar-refractivity contribution in [3.8, 4) is 0 Å². The van der Waals surface area contributed by atoms with E-state index in [1.807, 2.05) is 12.1 Å². The molecule has 0 atom stereocenters. The molecule has 0 unspecified atom stereocenters. The summed E-state index contributed by atoms with van der Waals surface area (Å²) in [6.45, 7) is 5.41. The predicted octanol–water partition coefficient (Wildman–Crippen LogP) is 3.02. The number of hydrogen-bond acceptors (Lipinski definition) is 5. The summed E-state index contributed by atoms with van der Waals surface area (Å²) in [6.07, 6.45) is 6.07.